The molecule has 0 aliphatic heterocycles. The van der Waals surface area contributed by atoms with E-state index in [9.17, 15) is 9.59 Å². The minimum Gasteiger partial charge on any atom is -0.356 e. The van der Waals surface area contributed by atoms with Gasteiger partial charge >= 0.3 is 0 Å². The molecule has 2 heterocycles. The number of rotatable bonds is 7. The number of nitrogens with zero attached hydrogens (tertiary/aromatic N) is 2. The minimum atomic E-state index is -0.291. The van der Waals surface area contributed by atoms with Gasteiger partial charge in [0, 0.05) is 24.0 Å². The van der Waals surface area contributed by atoms with Gasteiger partial charge in [0.25, 0.3) is 5.56 Å². The van der Waals surface area contributed by atoms with Gasteiger partial charge in [-0.2, -0.15) is 0 Å². The number of aromatic amines is 1. The topological polar surface area (TPSA) is 87.7 Å². The first-order valence-electron chi connectivity index (χ1n) is 8.25. The van der Waals surface area contributed by atoms with Crippen molar-refractivity contribution in [2.24, 2.45) is 5.92 Å². The molecule has 0 saturated carbocycles. The zero-order chi connectivity index (χ0) is 17.5. The Balaban J connectivity index is 2.04. The normalized spacial score (nSPS) is 10.8. The maximum atomic E-state index is 12.3. The number of hydrogen-bond acceptors (Lipinski definition) is 4. The van der Waals surface area contributed by atoms with E-state index >= 15 is 0 Å². The van der Waals surface area contributed by atoms with Crippen LogP contribution >= 0.6 is 0 Å². The summed E-state index contributed by atoms with van der Waals surface area (Å²) in [6, 6.07) is 5.40. The van der Waals surface area contributed by atoms with E-state index < -0.39 is 0 Å². The summed E-state index contributed by atoms with van der Waals surface area (Å²) in [5.74, 6) is 0.884. The number of hydrogen-bond donors (Lipinski definition) is 2. The van der Waals surface area contributed by atoms with E-state index in [1.54, 1.807) is 25.3 Å². The van der Waals surface area contributed by atoms with Gasteiger partial charge in [0.15, 0.2) is 5.82 Å². The molecule has 0 bridgehead atoms. The third kappa shape index (κ3) is 5.01. The molecule has 0 atom stereocenters. The van der Waals surface area contributed by atoms with Crippen LogP contribution in [0, 0.1) is 12.8 Å². The minimum absolute atomic E-state index is 0.0400. The molecule has 6 heteroatoms. The molecular formula is C18H24N4O2. The standard InChI is InChI=1S/C18H24N4O2/c1-12(2)7-6-10-20-16(23)11-14-13(3)21-17(22-18(14)24)15-8-4-5-9-19-15/h4-5,8-9,12H,6-7,10-11H2,1-3H3,(H,20,23)(H,21,22,24). The summed E-state index contributed by atoms with van der Waals surface area (Å²) >= 11 is 0. The fourth-order valence-corrected chi connectivity index (χ4v) is 2.40. The summed E-state index contributed by atoms with van der Waals surface area (Å²) in [6.45, 7) is 6.68. The molecule has 2 aromatic heterocycles. The maximum absolute atomic E-state index is 12.3. The Morgan fingerprint density at radius 3 is 2.75 bits per heavy atom. The van der Waals surface area contributed by atoms with Gasteiger partial charge in [0.1, 0.15) is 5.69 Å². The first kappa shape index (κ1) is 17.8. The molecule has 0 aliphatic rings. The summed E-state index contributed by atoms with van der Waals surface area (Å²) in [7, 11) is 0. The van der Waals surface area contributed by atoms with E-state index in [1.807, 2.05) is 6.07 Å². The molecule has 0 unspecified atom stereocenters. The second-order valence-corrected chi connectivity index (χ2v) is 6.26. The van der Waals surface area contributed by atoms with Gasteiger partial charge in [0.05, 0.1) is 6.42 Å². The largest absolute Gasteiger partial charge is 0.356 e. The lowest BCUT2D eigenvalue weighted by Gasteiger charge is -2.09. The molecule has 2 rings (SSSR count). The Kier molecular flexibility index (Phi) is 6.23. The Labute approximate surface area is 141 Å². The number of amides is 1. The molecule has 0 aliphatic carbocycles. The maximum Gasteiger partial charge on any atom is 0.255 e. The number of aryl methyl sites for hydroxylation is 1. The van der Waals surface area contributed by atoms with Crippen molar-refractivity contribution < 1.29 is 4.79 Å². The number of carbonyl (C=O) groups is 1. The summed E-state index contributed by atoms with van der Waals surface area (Å²) in [4.78, 5) is 35.6. The lowest BCUT2D eigenvalue weighted by molar-refractivity contribution is -0.120. The van der Waals surface area contributed by atoms with E-state index in [0.717, 1.165) is 12.8 Å². The van der Waals surface area contributed by atoms with Gasteiger partial charge in [0.2, 0.25) is 5.91 Å². The van der Waals surface area contributed by atoms with E-state index in [0.29, 0.717) is 35.2 Å². The van der Waals surface area contributed by atoms with E-state index in [1.165, 1.54) is 0 Å². The third-order valence-corrected chi connectivity index (χ3v) is 3.75. The summed E-state index contributed by atoms with van der Waals surface area (Å²) in [5.41, 5.74) is 1.26. The number of aromatic nitrogens is 3. The van der Waals surface area contributed by atoms with Crippen molar-refractivity contribution in [1.29, 1.82) is 0 Å². The predicted octanol–water partition coefficient (Wildman–Crippen LogP) is 2.24. The first-order chi connectivity index (χ1) is 11.5. The van der Waals surface area contributed by atoms with Crippen molar-refractivity contribution in [3.63, 3.8) is 0 Å². The zero-order valence-corrected chi connectivity index (χ0v) is 14.4. The van der Waals surface area contributed by atoms with Crippen molar-refractivity contribution in [1.82, 2.24) is 20.3 Å². The van der Waals surface area contributed by atoms with E-state index in [-0.39, 0.29) is 17.9 Å². The molecule has 0 radical (unpaired) electrons. The SMILES string of the molecule is Cc1nc(-c2ccccn2)[nH]c(=O)c1CC(=O)NCCCC(C)C. The highest BCUT2D eigenvalue weighted by Gasteiger charge is 2.13. The highest BCUT2D eigenvalue weighted by molar-refractivity contribution is 5.78. The van der Waals surface area contributed by atoms with Crippen molar-refractivity contribution in [3.05, 3.63) is 46.0 Å². The van der Waals surface area contributed by atoms with Crippen LogP contribution in [-0.2, 0) is 11.2 Å². The van der Waals surface area contributed by atoms with Gasteiger partial charge in [-0.15, -0.1) is 0 Å². The van der Waals surface area contributed by atoms with Crippen molar-refractivity contribution in [3.8, 4) is 11.5 Å². The average Bonchev–Trinajstić information content (AvgIpc) is 2.55. The van der Waals surface area contributed by atoms with Crippen molar-refractivity contribution in [2.45, 2.75) is 40.0 Å². The van der Waals surface area contributed by atoms with Crippen molar-refractivity contribution >= 4 is 5.91 Å². The number of pyridine rings is 1. The molecule has 128 valence electrons. The molecule has 6 nitrogen and oxygen atoms in total. The Morgan fingerprint density at radius 1 is 1.33 bits per heavy atom. The number of nitrogens with one attached hydrogen (secondary N) is 2. The Hall–Kier alpha value is -2.50. The Bertz CT molecular complexity index is 738. The van der Waals surface area contributed by atoms with Crippen molar-refractivity contribution in [2.75, 3.05) is 6.54 Å². The molecular weight excluding hydrogens is 304 g/mol. The average molecular weight is 328 g/mol. The van der Waals surface area contributed by atoms with Crippen LogP contribution in [0.5, 0.6) is 0 Å². The first-order valence-corrected chi connectivity index (χ1v) is 8.25. The predicted molar refractivity (Wildman–Crippen MR) is 93.6 cm³/mol. The molecule has 1 amide bonds. The molecule has 0 saturated heterocycles. The fraction of sp³-hybridized carbons (Fsp3) is 0.444. The van der Waals surface area contributed by atoms with E-state index in [4.69, 9.17) is 0 Å². The number of H-pyrrole nitrogens is 1. The second-order valence-electron chi connectivity index (χ2n) is 6.26. The van der Waals surface area contributed by atoms with Gasteiger partial charge in [-0.25, -0.2) is 4.98 Å². The summed E-state index contributed by atoms with van der Waals surface area (Å²) < 4.78 is 0. The van der Waals surface area contributed by atoms with Crippen LogP contribution in [0.2, 0.25) is 0 Å². The smallest absolute Gasteiger partial charge is 0.255 e. The fourth-order valence-electron chi connectivity index (χ4n) is 2.40. The molecule has 24 heavy (non-hydrogen) atoms. The second kappa shape index (κ2) is 8.38. The lowest BCUT2D eigenvalue weighted by Crippen LogP contribution is -2.30. The van der Waals surface area contributed by atoms with E-state index in [2.05, 4.69) is 34.1 Å². The lowest BCUT2D eigenvalue weighted by atomic mass is 10.1. The quantitative estimate of drug-likeness (QED) is 0.763. The van der Waals surface area contributed by atoms with Crippen LogP contribution in [0.1, 0.15) is 37.9 Å². The van der Waals surface area contributed by atoms with Gasteiger partial charge in [-0.05, 0) is 37.8 Å². The van der Waals surface area contributed by atoms with Crippen LogP contribution in [0.4, 0.5) is 0 Å². The summed E-state index contributed by atoms with van der Waals surface area (Å²) in [5, 5.41) is 2.86. The van der Waals surface area contributed by atoms with Crippen LogP contribution in [-0.4, -0.2) is 27.4 Å². The molecule has 0 aromatic carbocycles. The third-order valence-electron chi connectivity index (χ3n) is 3.75. The monoisotopic (exact) mass is 328 g/mol. The molecule has 2 aromatic rings. The van der Waals surface area contributed by atoms with Crippen LogP contribution in [0.3, 0.4) is 0 Å². The molecule has 0 spiro atoms. The van der Waals surface area contributed by atoms with Crippen LogP contribution in [0.25, 0.3) is 11.5 Å². The summed E-state index contributed by atoms with van der Waals surface area (Å²) in [6.07, 6.45) is 3.69. The van der Waals surface area contributed by atoms with Gasteiger partial charge in [-0.3, -0.25) is 14.6 Å². The van der Waals surface area contributed by atoms with Gasteiger partial charge in [-0.1, -0.05) is 19.9 Å². The Morgan fingerprint density at radius 2 is 2.12 bits per heavy atom. The highest BCUT2D eigenvalue weighted by Crippen LogP contribution is 2.11. The highest BCUT2D eigenvalue weighted by atomic mass is 16.2. The van der Waals surface area contributed by atoms with Crippen LogP contribution in [0.15, 0.2) is 29.2 Å². The molecule has 2 N–H and O–H groups in total. The van der Waals surface area contributed by atoms with Crippen LogP contribution < -0.4 is 10.9 Å². The molecule has 0 fully saturated rings. The number of carbonyl (C=O) groups excluding carboxylic acids is 1. The van der Waals surface area contributed by atoms with Gasteiger partial charge < -0.3 is 10.3 Å². The zero-order valence-electron chi connectivity index (χ0n) is 14.4.